The first-order chi connectivity index (χ1) is 24.5. The molecule has 7 aliphatic rings. The molecule has 8 heteroatoms. The molecule has 0 bridgehead atoms. The Morgan fingerprint density at radius 2 is 1.65 bits per heavy atom. The smallest absolute Gasteiger partial charge is 0.312 e. The van der Waals surface area contributed by atoms with Gasteiger partial charge in [0.05, 0.1) is 23.0 Å². The third kappa shape index (κ3) is 6.22. The molecule has 0 aromatic carbocycles. The fourth-order valence-corrected chi connectivity index (χ4v) is 16.0. The van der Waals surface area contributed by atoms with Crippen molar-refractivity contribution >= 4 is 15.8 Å². The standard InChI is InChI=1S/C44H72N2O5S/c1-31(2)51-38(48)43(23-28-47)19-12-32(13-20-43)33-14-17-40(5)36(39(33,3)4)15-18-42(7)37(40)11-10-34-35-9-8-16-44(35,22-21-41(34,42)6)45-24-25-46-26-29-52(49,50)30-27-46/h12,14,31,34-37,45,47H,8-11,13,15-30H2,1-7H3/t34?,35?,36?,37?,40?,41-,42?,43?,44?/m1/s1. The van der Waals surface area contributed by atoms with Gasteiger partial charge in [-0.3, -0.25) is 4.79 Å². The number of carbonyl (C=O) groups is 1. The van der Waals surface area contributed by atoms with Crippen molar-refractivity contribution in [3.05, 3.63) is 23.3 Å². The number of carbonyl (C=O) groups excluding carboxylic acids is 1. The zero-order valence-corrected chi connectivity index (χ0v) is 34.6. The van der Waals surface area contributed by atoms with Gasteiger partial charge >= 0.3 is 5.97 Å². The maximum Gasteiger partial charge on any atom is 0.312 e. The second-order valence-electron chi connectivity index (χ2n) is 20.4. The van der Waals surface area contributed by atoms with E-state index >= 15 is 0 Å². The van der Waals surface area contributed by atoms with E-state index in [4.69, 9.17) is 4.74 Å². The van der Waals surface area contributed by atoms with Gasteiger partial charge in [0.25, 0.3) is 0 Å². The van der Waals surface area contributed by atoms with E-state index < -0.39 is 15.3 Å². The predicted molar refractivity (Wildman–Crippen MR) is 209 cm³/mol. The molecule has 2 N–H and O–H groups in total. The van der Waals surface area contributed by atoms with Gasteiger partial charge < -0.3 is 20.1 Å². The van der Waals surface area contributed by atoms with Crippen LogP contribution < -0.4 is 5.32 Å². The summed E-state index contributed by atoms with van der Waals surface area (Å²) in [5.41, 5.74) is 3.64. The number of nitrogens with one attached hydrogen (secondary N) is 1. The molecule has 0 amide bonds. The van der Waals surface area contributed by atoms with E-state index in [1.54, 1.807) is 0 Å². The van der Waals surface area contributed by atoms with Crippen LogP contribution in [0.25, 0.3) is 0 Å². The molecule has 1 heterocycles. The summed E-state index contributed by atoms with van der Waals surface area (Å²) >= 11 is 0. The zero-order chi connectivity index (χ0) is 37.4. The number of hydrogen-bond donors (Lipinski definition) is 2. The molecule has 5 fully saturated rings. The van der Waals surface area contributed by atoms with Crippen molar-refractivity contribution in [2.24, 2.45) is 50.7 Å². The Morgan fingerprint density at radius 3 is 2.33 bits per heavy atom. The van der Waals surface area contributed by atoms with Crippen LogP contribution >= 0.6 is 0 Å². The maximum atomic E-state index is 13.3. The van der Waals surface area contributed by atoms with Crippen LogP contribution in [0.1, 0.15) is 138 Å². The van der Waals surface area contributed by atoms with Crippen LogP contribution in [-0.2, 0) is 19.4 Å². The second kappa shape index (κ2) is 13.8. The van der Waals surface area contributed by atoms with Crippen molar-refractivity contribution in [3.63, 3.8) is 0 Å². The normalized spacial score (nSPS) is 44.1. The van der Waals surface area contributed by atoms with E-state index in [1.165, 1.54) is 68.9 Å². The predicted octanol–water partition coefficient (Wildman–Crippen LogP) is 7.88. The van der Waals surface area contributed by atoms with E-state index in [0.717, 1.165) is 50.1 Å². The number of aliphatic hydroxyl groups excluding tert-OH is 1. The van der Waals surface area contributed by atoms with Gasteiger partial charge in [0.1, 0.15) is 0 Å². The number of ether oxygens (including phenoxy) is 1. The Labute approximate surface area is 316 Å². The molecular formula is C44H72N2O5S. The molecule has 0 radical (unpaired) electrons. The minimum atomic E-state index is -2.84. The average molecular weight is 741 g/mol. The lowest BCUT2D eigenvalue weighted by Crippen LogP contribution is -2.67. The van der Waals surface area contributed by atoms with Crippen molar-refractivity contribution < 1.29 is 23.1 Å². The van der Waals surface area contributed by atoms with E-state index in [9.17, 15) is 18.3 Å². The minimum absolute atomic E-state index is 0.0117. The molecule has 0 aromatic rings. The largest absolute Gasteiger partial charge is 0.463 e. The summed E-state index contributed by atoms with van der Waals surface area (Å²) in [5.74, 6) is 3.36. The number of fused-ring (bicyclic) bond motifs is 7. The molecule has 8 unspecified atom stereocenters. The highest BCUT2D eigenvalue weighted by Gasteiger charge is 2.69. The molecule has 0 spiro atoms. The van der Waals surface area contributed by atoms with Crippen LogP contribution in [0.15, 0.2) is 23.3 Å². The molecule has 1 aliphatic heterocycles. The van der Waals surface area contributed by atoms with Gasteiger partial charge in [0, 0.05) is 38.3 Å². The Morgan fingerprint density at radius 1 is 0.904 bits per heavy atom. The first-order valence-electron chi connectivity index (χ1n) is 21.4. The summed E-state index contributed by atoms with van der Waals surface area (Å²) in [5, 5.41) is 14.1. The number of esters is 1. The number of sulfone groups is 1. The summed E-state index contributed by atoms with van der Waals surface area (Å²) in [7, 11) is -2.84. The molecule has 7 rings (SSSR count). The molecular weight excluding hydrogens is 669 g/mol. The first-order valence-corrected chi connectivity index (χ1v) is 23.2. The van der Waals surface area contributed by atoms with E-state index in [-0.39, 0.29) is 35.0 Å². The molecule has 9 atom stereocenters. The van der Waals surface area contributed by atoms with E-state index in [1.807, 2.05) is 13.8 Å². The lowest BCUT2D eigenvalue weighted by atomic mass is 9.33. The summed E-state index contributed by atoms with van der Waals surface area (Å²) in [4.78, 5) is 15.6. The summed E-state index contributed by atoms with van der Waals surface area (Å²) < 4.78 is 29.7. The van der Waals surface area contributed by atoms with Crippen LogP contribution in [-0.4, -0.2) is 80.3 Å². The van der Waals surface area contributed by atoms with Gasteiger partial charge in [-0.25, -0.2) is 8.42 Å². The molecule has 1 saturated heterocycles. The molecule has 294 valence electrons. The Kier molecular flexibility index (Phi) is 10.3. The van der Waals surface area contributed by atoms with Gasteiger partial charge in [0.2, 0.25) is 0 Å². The van der Waals surface area contributed by atoms with Crippen molar-refractivity contribution in [1.82, 2.24) is 10.2 Å². The van der Waals surface area contributed by atoms with E-state index in [2.05, 4.69) is 57.0 Å². The fraction of sp³-hybridized carbons (Fsp3) is 0.886. The third-order valence-corrected chi connectivity index (χ3v) is 19.2. The number of rotatable bonds is 9. The van der Waals surface area contributed by atoms with E-state index in [0.29, 0.717) is 54.2 Å². The molecule has 52 heavy (non-hydrogen) atoms. The fourth-order valence-electron chi connectivity index (χ4n) is 14.7. The van der Waals surface area contributed by atoms with Crippen LogP contribution in [0.4, 0.5) is 0 Å². The first kappa shape index (κ1) is 39.0. The van der Waals surface area contributed by atoms with Gasteiger partial charge in [0.15, 0.2) is 9.84 Å². The molecule has 0 aromatic heterocycles. The van der Waals surface area contributed by atoms with Crippen molar-refractivity contribution in [2.75, 3.05) is 44.3 Å². The Bertz CT molecular complexity index is 1540. The number of allylic oxidation sites excluding steroid dienone is 4. The maximum absolute atomic E-state index is 13.3. The number of hydrogen-bond acceptors (Lipinski definition) is 7. The highest BCUT2D eigenvalue weighted by Crippen LogP contribution is 2.76. The minimum Gasteiger partial charge on any atom is -0.463 e. The second-order valence-corrected chi connectivity index (χ2v) is 22.7. The lowest BCUT2D eigenvalue weighted by molar-refractivity contribution is -0.218. The molecule has 4 saturated carbocycles. The number of nitrogens with zero attached hydrogens (tertiary/aromatic N) is 1. The highest BCUT2D eigenvalue weighted by atomic mass is 32.2. The van der Waals surface area contributed by atoms with Crippen LogP contribution in [0.5, 0.6) is 0 Å². The van der Waals surface area contributed by atoms with Crippen LogP contribution in [0.3, 0.4) is 0 Å². The van der Waals surface area contributed by atoms with Crippen molar-refractivity contribution in [1.29, 1.82) is 0 Å². The van der Waals surface area contributed by atoms with Gasteiger partial charge in [-0.1, -0.05) is 53.2 Å². The molecule has 7 nitrogen and oxygen atoms in total. The monoisotopic (exact) mass is 741 g/mol. The van der Waals surface area contributed by atoms with Crippen LogP contribution in [0, 0.1) is 50.7 Å². The number of aliphatic hydroxyl groups is 1. The Balaban J connectivity index is 1.08. The zero-order valence-electron chi connectivity index (χ0n) is 33.8. The summed E-state index contributed by atoms with van der Waals surface area (Å²) in [6, 6.07) is 0. The van der Waals surface area contributed by atoms with Crippen molar-refractivity contribution in [3.8, 4) is 0 Å². The average Bonchev–Trinajstić information content (AvgIpc) is 3.50. The quantitative estimate of drug-likeness (QED) is 0.232. The van der Waals surface area contributed by atoms with Gasteiger partial charge in [-0.2, -0.15) is 0 Å². The summed E-state index contributed by atoms with van der Waals surface area (Å²) in [6.45, 7) is 20.3. The van der Waals surface area contributed by atoms with Gasteiger partial charge in [-0.05, 0) is 154 Å². The molecule has 6 aliphatic carbocycles. The lowest BCUT2D eigenvalue weighted by Gasteiger charge is -2.72. The van der Waals surface area contributed by atoms with Crippen molar-refractivity contribution in [2.45, 2.75) is 150 Å². The summed E-state index contributed by atoms with van der Waals surface area (Å²) in [6.07, 6.45) is 20.7. The SMILES string of the molecule is CC(C)OC(=O)C1(CCO)CC=C(C2=CCC3(C)C(CCC4(C)C3CCC3C5CCCC5(NCCN5CCS(=O)(=O)CC5)CC[C@]34C)C2(C)C)CC1. The Hall–Kier alpha value is -1.22. The van der Waals surface area contributed by atoms with Crippen LogP contribution in [0.2, 0.25) is 0 Å². The third-order valence-electron chi connectivity index (χ3n) is 17.6. The highest BCUT2D eigenvalue weighted by molar-refractivity contribution is 7.91. The van der Waals surface area contributed by atoms with Gasteiger partial charge in [-0.15, -0.1) is 0 Å². The topological polar surface area (TPSA) is 95.9 Å².